The molecule has 7 nitrogen and oxygen atoms in total. The van der Waals surface area contributed by atoms with Crippen LogP contribution in [0.15, 0.2) is 41.2 Å². The summed E-state index contributed by atoms with van der Waals surface area (Å²) in [5.41, 5.74) is 6.34. The molecule has 23 heavy (non-hydrogen) atoms. The Labute approximate surface area is 135 Å². The molecule has 0 fully saturated rings. The minimum absolute atomic E-state index is 0.155. The first-order valence-corrected chi connectivity index (χ1v) is 7.06. The van der Waals surface area contributed by atoms with Gasteiger partial charge in [0.05, 0.1) is 11.4 Å². The maximum absolute atomic E-state index is 12.4. The van der Waals surface area contributed by atoms with Crippen LogP contribution in [0.4, 0.5) is 0 Å². The molecule has 2 heterocycles. The molecule has 1 aromatic carbocycles. The second kappa shape index (κ2) is 5.69. The van der Waals surface area contributed by atoms with Gasteiger partial charge in [0.1, 0.15) is 5.56 Å². The van der Waals surface area contributed by atoms with E-state index in [1.165, 1.54) is 6.07 Å². The van der Waals surface area contributed by atoms with E-state index in [0.717, 1.165) is 4.68 Å². The monoisotopic (exact) mass is 329 g/mol. The number of H-pyrrole nitrogens is 1. The Balaban J connectivity index is 2.25. The maximum atomic E-state index is 12.4. The molecule has 0 bridgehead atoms. The Morgan fingerprint density at radius 3 is 2.52 bits per heavy atom. The summed E-state index contributed by atoms with van der Waals surface area (Å²) in [6, 6.07) is 9.87. The summed E-state index contributed by atoms with van der Waals surface area (Å²) in [6.45, 7) is 1.77. The van der Waals surface area contributed by atoms with Gasteiger partial charge in [-0.2, -0.15) is 14.9 Å². The van der Waals surface area contributed by atoms with E-state index in [0.29, 0.717) is 27.8 Å². The molecule has 8 heteroatoms. The summed E-state index contributed by atoms with van der Waals surface area (Å²) in [7, 11) is 0. The summed E-state index contributed by atoms with van der Waals surface area (Å²) in [5.74, 6) is -0.469. The van der Waals surface area contributed by atoms with E-state index >= 15 is 0 Å². The van der Waals surface area contributed by atoms with E-state index in [2.05, 4.69) is 15.3 Å². The third-order valence-electron chi connectivity index (χ3n) is 3.24. The van der Waals surface area contributed by atoms with Crippen molar-refractivity contribution in [2.45, 2.75) is 6.92 Å². The number of aromatic amines is 1. The molecule has 0 saturated heterocycles. The average Bonchev–Trinajstić information content (AvgIpc) is 2.94. The molecule has 0 aliphatic heterocycles. The molecule has 3 rings (SSSR count). The highest BCUT2D eigenvalue weighted by atomic mass is 35.5. The van der Waals surface area contributed by atoms with Crippen LogP contribution in [-0.2, 0) is 0 Å². The Hall–Kier alpha value is -2.93. The van der Waals surface area contributed by atoms with Gasteiger partial charge in [0, 0.05) is 16.7 Å². The molecule has 0 radical (unpaired) electrons. The van der Waals surface area contributed by atoms with Crippen molar-refractivity contribution in [1.29, 1.82) is 0 Å². The second-order valence-electron chi connectivity index (χ2n) is 4.93. The van der Waals surface area contributed by atoms with Crippen molar-refractivity contribution in [1.82, 2.24) is 20.0 Å². The zero-order valence-electron chi connectivity index (χ0n) is 12.1. The smallest absolute Gasteiger partial charge is 0.285 e. The van der Waals surface area contributed by atoms with Gasteiger partial charge in [0.25, 0.3) is 11.5 Å². The summed E-state index contributed by atoms with van der Waals surface area (Å²) < 4.78 is 1.07. The van der Waals surface area contributed by atoms with Crippen LogP contribution in [0.25, 0.3) is 17.1 Å². The molecule has 0 saturated carbocycles. The molecule has 2 aromatic heterocycles. The van der Waals surface area contributed by atoms with Gasteiger partial charge >= 0.3 is 0 Å². The number of hydrogen-bond acceptors (Lipinski definition) is 4. The van der Waals surface area contributed by atoms with E-state index in [1.807, 2.05) is 0 Å². The second-order valence-corrected chi connectivity index (χ2v) is 5.36. The molecular weight excluding hydrogens is 318 g/mol. The Morgan fingerprint density at radius 1 is 1.26 bits per heavy atom. The molecule has 0 unspecified atom stereocenters. The predicted molar refractivity (Wildman–Crippen MR) is 85.7 cm³/mol. The van der Waals surface area contributed by atoms with Crippen molar-refractivity contribution in [3.05, 3.63) is 63.0 Å². The van der Waals surface area contributed by atoms with Crippen LogP contribution < -0.4 is 11.3 Å². The number of aryl methyl sites for hydroxylation is 1. The average molecular weight is 330 g/mol. The summed E-state index contributed by atoms with van der Waals surface area (Å²) in [6.07, 6.45) is 0. The minimum Gasteiger partial charge on any atom is -0.365 e. The number of halogens is 1. The van der Waals surface area contributed by atoms with E-state index in [4.69, 9.17) is 17.3 Å². The molecule has 0 spiro atoms. The largest absolute Gasteiger partial charge is 0.365 e. The Bertz CT molecular complexity index is 943. The van der Waals surface area contributed by atoms with Crippen molar-refractivity contribution in [2.75, 3.05) is 0 Å². The standard InChI is InChI=1S/C15H12ClN5O2/c1-8-6-13(19-18-8)21-15(23)11(14(17)22)7-12(20-21)9-2-4-10(16)5-3-9/h2-7H,1H3,(H2,17,22)(H,18,19). The van der Waals surface area contributed by atoms with Crippen LogP contribution in [0.2, 0.25) is 5.02 Å². The van der Waals surface area contributed by atoms with Gasteiger partial charge in [0.15, 0.2) is 5.82 Å². The lowest BCUT2D eigenvalue weighted by atomic mass is 10.1. The number of hydrogen-bond donors (Lipinski definition) is 2. The Kier molecular flexibility index (Phi) is 3.71. The SMILES string of the molecule is Cc1cc(-n2nc(-c3ccc(Cl)cc3)cc(C(N)=O)c2=O)[nH]n1. The highest BCUT2D eigenvalue weighted by Crippen LogP contribution is 2.20. The zero-order chi connectivity index (χ0) is 16.6. The first-order valence-electron chi connectivity index (χ1n) is 6.68. The molecule has 1 amide bonds. The number of benzene rings is 1. The fourth-order valence-corrected chi connectivity index (χ4v) is 2.24. The molecule has 116 valence electrons. The van der Waals surface area contributed by atoms with Gasteiger partial charge in [-0.15, -0.1) is 0 Å². The molecule has 0 aliphatic carbocycles. The predicted octanol–water partition coefficient (Wildman–Crippen LogP) is 1.68. The third kappa shape index (κ3) is 2.86. The quantitative estimate of drug-likeness (QED) is 0.762. The van der Waals surface area contributed by atoms with Crippen LogP contribution in [0.5, 0.6) is 0 Å². The lowest BCUT2D eigenvalue weighted by molar-refractivity contribution is 0.0998. The van der Waals surface area contributed by atoms with Gasteiger partial charge in [0.2, 0.25) is 0 Å². The van der Waals surface area contributed by atoms with Crippen molar-refractivity contribution in [2.24, 2.45) is 5.73 Å². The van der Waals surface area contributed by atoms with E-state index in [9.17, 15) is 9.59 Å². The third-order valence-corrected chi connectivity index (χ3v) is 3.49. The van der Waals surface area contributed by atoms with Crippen LogP contribution in [0.3, 0.4) is 0 Å². The number of aromatic nitrogens is 4. The van der Waals surface area contributed by atoms with Gasteiger partial charge < -0.3 is 5.73 Å². The normalized spacial score (nSPS) is 10.7. The van der Waals surface area contributed by atoms with Crippen LogP contribution in [0.1, 0.15) is 16.1 Å². The maximum Gasteiger partial charge on any atom is 0.285 e. The van der Waals surface area contributed by atoms with Crippen molar-refractivity contribution in [3.63, 3.8) is 0 Å². The molecule has 0 atom stereocenters. The van der Waals surface area contributed by atoms with Gasteiger partial charge in [-0.1, -0.05) is 23.7 Å². The molecular formula is C15H12ClN5O2. The van der Waals surface area contributed by atoms with Crippen LogP contribution in [-0.4, -0.2) is 25.9 Å². The van der Waals surface area contributed by atoms with E-state index < -0.39 is 11.5 Å². The number of nitrogens with one attached hydrogen (secondary N) is 1. The van der Waals surface area contributed by atoms with Gasteiger partial charge in [-0.3, -0.25) is 14.7 Å². The topological polar surface area (TPSA) is 107 Å². The van der Waals surface area contributed by atoms with Crippen LogP contribution in [0, 0.1) is 6.92 Å². The summed E-state index contributed by atoms with van der Waals surface area (Å²) in [4.78, 5) is 24.0. The zero-order valence-corrected chi connectivity index (χ0v) is 12.8. The first kappa shape index (κ1) is 15.0. The summed E-state index contributed by atoms with van der Waals surface area (Å²) in [5, 5.41) is 11.5. The summed E-state index contributed by atoms with van der Waals surface area (Å²) >= 11 is 5.87. The Morgan fingerprint density at radius 2 is 1.96 bits per heavy atom. The lowest BCUT2D eigenvalue weighted by Gasteiger charge is -2.08. The van der Waals surface area contributed by atoms with Crippen molar-refractivity contribution < 1.29 is 4.79 Å². The number of primary amides is 1. The van der Waals surface area contributed by atoms with E-state index in [-0.39, 0.29) is 5.56 Å². The number of nitrogens with zero attached hydrogens (tertiary/aromatic N) is 3. The fraction of sp³-hybridized carbons (Fsp3) is 0.0667. The first-order chi connectivity index (χ1) is 11.0. The minimum atomic E-state index is -0.822. The number of carbonyl (C=O) groups is 1. The van der Waals surface area contributed by atoms with Crippen LogP contribution >= 0.6 is 11.6 Å². The highest BCUT2D eigenvalue weighted by Gasteiger charge is 2.16. The number of rotatable bonds is 3. The number of carbonyl (C=O) groups excluding carboxylic acids is 1. The molecule has 3 N–H and O–H groups in total. The molecule has 3 aromatic rings. The van der Waals surface area contributed by atoms with Crippen molar-refractivity contribution in [3.8, 4) is 17.1 Å². The van der Waals surface area contributed by atoms with E-state index in [1.54, 1.807) is 37.3 Å². The fourth-order valence-electron chi connectivity index (χ4n) is 2.11. The van der Waals surface area contributed by atoms with Gasteiger partial charge in [-0.25, -0.2) is 0 Å². The number of amides is 1. The van der Waals surface area contributed by atoms with Crippen molar-refractivity contribution >= 4 is 17.5 Å². The lowest BCUT2D eigenvalue weighted by Crippen LogP contribution is -2.30. The molecule has 0 aliphatic rings. The highest BCUT2D eigenvalue weighted by molar-refractivity contribution is 6.30. The number of nitrogens with two attached hydrogens (primary N) is 1. The van der Waals surface area contributed by atoms with Gasteiger partial charge in [-0.05, 0) is 25.1 Å².